The summed E-state index contributed by atoms with van der Waals surface area (Å²) in [4.78, 5) is 23.7. The second kappa shape index (κ2) is 8.08. The fourth-order valence-corrected chi connectivity index (χ4v) is 1.71. The molecule has 1 rings (SSSR count). The Labute approximate surface area is 124 Å². The lowest BCUT2D eigenvalue weighted by atomic mass is 10.0. The molecule has 1 atom stereocenters. The highest BCUT2D eigenvalue weighted by atomic mass is 16.2. The highest BCUT2D eigenvalue weighted by Crippen LogP contribution is 2.10. The number of likely N-dealkylation sites (N-methyl/N-ethyl adjacent to an activating group) is 1. The summed E-state index contributed by atoms with van der Waals surface area (Å²) >= 11 is 0. The van der Waals surface area contributed by atoms with E-state index in [1.54, 1.807) is 25.1 Å². The van der Waals surface area contributed by atoms with E-state index in [0.717, 1.165) is 5.56 Å². The van der Waals surface area contributed by atoms with Crippen LogP contribution in [0, 0.1) is 18.8 Å². The smallest absolute Gasteiger partial charge is 0.251 e. The van der Waals surface area contributed by atoms with Crippen molar-refractivity contribution in [2.75, 3.05) is 13.2 Å². The quantitative estimate of drug-likeness (QED) is 0.710. The lowest BCUT2D eigenvalue weighted by molar-refractivity contribution is -0.122. The van der Waals surface area contributed by atoms with Crippen molar-refractivity contribution in [2.45, 2.75) is 26.8 Å². The first-order valence-corrected chi connectivity index (χ1v) is 6.78. The summed E-state index contributed by atoms with van der Waals surface area (Å²) in [6, 6.07) is 4.51. The van der Waals surface area contributed by atoms with Gasteiger partial charge in [0.2, 0.25) is 5.91 Å². The zero-order valence-corrected chi connectivity index (χ0v) is 12.5. The Balaban J connectivity index is 2.86. The monoisotopic (exact) mass is 288 g/mol. The van der Waals surface area contributed by atoms with Crippen LogP contribution in [-0.4, -0.2) is 36.1 Å². The van der Waals surface area contributed by atoms with Gasteiger partial charge in [-0.25, -0.2) is 0 Å². The van der Waals surface area contributed by atoms with Crippen LogP contribution in [0.3, 0.4) is 0 Å². The summed E-state index contributed by atoms with van der Waals surface area (Å²) in [6.45, 7) is 5.61. The largest absolute Gasteiger partial charge is 0.384 e. The van der Waals surface area contributed by atoms with E-state index in [4.69, 9.17) is 5.11 Å². The van der Waals surface area contributed by atoms with Gasteiger partial charge in [0.1, 0.15) is 12.6 Å². The first kappa shape index (κ1) is 16.7. The van der Waals surface area contributed by atoms with Gasteiger partial charge in [0.05, 0.1) is 0 Å². The SMILES string of the molecule is CCNC(=O)C(C)NC(=O)c1ccc(C)c(C#CCO)c1. The maximum Gasteiger partial charge on any atom is 0.251 e. The Kier molecular flexibility index (Phi) is 6.44. The average molecular weight is 288 g/mol. The van der Waals surface area contributed by atoms with Crippen LogP contribution in [0.5, 0.6) is 0 Å². The van der Waals surface area contributed by atoms with Crippen LogP contribution in [0.2, 0.25) is 0 Å². The summed E-state index contributed by atoms with van der Waals surface area (Å²) < 4.78 is 0. The van der Waals surface area contributed by atoms with Gasteiger partial charge in [0, 0.05) is 17.7 Å². The molecule has 0 aliphatic carbocycles. The molecule has 1 unspecified atom stereocenters. The number of carbonyl (C=O) groups is 2. The summed E-state index contributed by atoms with van der Waals surface area (Å²) in [5, 5.41) is 14.0. The number of aliphatic hydroxyl groups is 1. The van der Waals surface area contributed by atoms with E-state index in [-0.39, 0.29) is 18.4 Å². The van der Waals surface area contributed by atoms with Crippen molar-refractivity contribution < 1.29 is 14.7 Å². The third kappa shape index (κ3) is 4.93. The van der Waals surface area contributed by atoms with Crippen molar-refractivity contribution in [3.05, 3.63) is 34.9 Å². The third-order valence-electron chi connectivity index (χ3n) is 2.89. The number of rotatable bonds is 4. The predicted molar refractivity (Wildman–Crippen MR) is 80.8 cm³/mol. The van der Waals surface area contributed by atoms with E-state index < -0.39 is 6.04 Å². The molecule has 112 valence electrons. The van der Waals surface area contributed by atoms with Crippen molar-refractivity contribution >= 4 is 11.8 Å². The van der Waals surface area contributed by atoms with Crippen molar-refractivity contribution in [1.82, 2.24) is 10.6 Å². The Bertz CT molecular complexity index is 585. The topological polar surface area (TPSA) is 78.4 Å². The molecule has 0 fully saturated rings. The fourth-order valence-electron chi connectivity index (χ4n) is 1.71. The molecule has 0 aliphatic rings. The highest BCUT2D eigenvalue weighted by Gasteiger charge is 2.16. The zero-order chi connectivity index (χ0) is 15.8. The lowest BCUT2D eigenvalue weighted by Gasteiger charge is -2.13. The minimum Gasteiger partial charge on any atom is -0.384 e. The van der Waals surface area contributed by atoms with Crippen LogP contribution in [0.4, 0.5) is 0 Å². The van der Waals surface area contributed by atoms with Crippen LogP contribution < -0.4 is 10.6 Å². The fraction of sp³-hybridized carbons (Fsp3) is 0.375. The molecule has 5 heteroatoms. The molecule has 1 aromatic rings. The molecule has 3 N–H and O–H groups in total. The molecular formula is C16H20N2O3. The summed E-state index contributed by atoms with van der Waals surface area (Å²) in [6.07, 6.45) is 0. The number of hydrogen-bond acceptors (Lipinski definition) is 3. The molecule has 0 aliphatic heterocycles. The lowest BCUT2D eigenvalue weighted by Crippen LogP contribution is -2.44. The first-order valence-electron chi connectivity index (χ1n) is 6.78. The molecule has 0 spiro atoms. The third-order valence-corrected chi connectivity index (χ3v) is 2.89. The van der Waals surface area contributed by atoms with Gasteiger partial charge < -0.3 is 15.7 Å². The van der Waals surface area contributed by atoms with Crippen LogP contribution >= 0.6 is 0 Å². The predicted octanol–water partition coefficient (Wildman–Crippen LogP) is 0.593. The summed E-state index contributed by atoms with van der Waals surface area (Å²) in [7, 11) is 0. The van der Waals surface area contributed by atoms with E-state index >= 15 is 0 Å². The van der Waals surface area contributed by atoms with Gasteiger partial charge in [0.15, 0.2) is 0 Å². The molecule has 0 heterocycles. The van der Waals surface area contributed by atoms with Crippen LogP contribution in [0.25, 0.3) is 0 Å². The van der Waals surface area contributed by atoms with E-state index in [2.05, 4.69) is 22.5 Å². The van der Waals surface area contributed by atoms with Crippen molar-refractivity contribution in [2.24, 2.45) is 0 Å². The summed E-state index contributed by atoms with van der Waals surface area (Å²) in [5.41, 5.74) is 2.03. The first-order chi connectivity index (χ1) is 9.99. The Hall–Kier alpha value is -2.32. The second-order valence-corrected chi connectivity index (χ2v) is 4.58. The molecule has 21 heavy (non-hydrogen) atoms. The van der Waals surface area contributed by atoms with Gasteiger partial charge >= 0.3 is 0 Å². The van der Waals surface area contributed by atoms with Crippen molar-refractivity contribution in [1.29, 1.82) is 0 Å². The maximum absolute atomic E-state index is 12.1. The van der Waals surface area contributed by atoms with Gasteiger partial charge in [-0.05, 0) is 38.5 Å². The summed E-state index contributed by atoms with van der Waals surface area (Å²) in [5.74, 6) is 4.80. The van der Waals surface area contributed by atoms with Gasteiger partial charge in [-0.2, -0.15) is 0 Å². The number of carbonyl (C=O) groups excluding carboxylic acids is 2. The minimum atomic E-state index is -0.606. The van der Waals surface area contributed by atoms with E-state index in [9.17, 15) is 9.59 Å². The van der Waals surface area contributed by atoms with Gasteiger partial charge in [-0.3, -0.25) is 9.59 Å². The van der Waals surface area contributed by atoms with Crippen molar-refractivity contribution in [3.8, 4) is 11.8 Å². The van der Waals surface area contributed by atoms with Gasteiger partial charge in [-0.15, -0.1) is 0 Å². The number of aryl methyl sites for hydroxylation is 1. The van der Waals surface area contributed by atoms with Gasteiger partial charge in [-0.1, -0.05) is 17.9 Å². The number of hydrogen-bond donors (Lipinski definition) is 3. The normalized spacial score (nSPS) is 11.0. The standard InChI is InChI=1S/C16H20N2O3/c1-4-17-15(20)12(3)18-16(21)14-8-7-11(2)13(10-14)6-5-9-19/h7-8,10,12,19H,4,9H2,1-3H3,(H,17,20)(H,18,21). The maximum atomic E-state index is 12.1. The van der Waals surface area contributed by atoms with E-state index in [1.807, 2.05) is 13.8 Å². The molecule has 0 radical (unpaired) electrons. The van der Waals surface area contributed by atoms with Crippen LogP contribution in [0.1, 0.15) is 35.3 Å². The van der Waals surface area contributed by atoms with Gasteiger partial charge in [0.25, 0.3) is 5.91 Å². The molecule has 0 bridgehead atoms. The number of nitrogens with one attached hydrogen (secondary N) is 2. The molecular weight excluding hydrogens is 268 g/mol. The average Bonchev–Trinajstić information content (AvgIpc) is 2.46. The van der Waals surface area contributed by atoms with Crippen LogP contribution in [-0.2, 0) is 4.79 Å². The number of amides is 2. The molecule has 0 aromatic heterocycles. The highest BCUT2D eigenvalue weighted by molar-refractivity contribution is 5.97. The number of aliphatic hydroxyl groups excluding tert-OH is 1. The second-order valence-electron chi connectivity index (χ2n) is 4.58. The zero-order valence-electron chi connectivity index (χ0n) is 12.5. The van der Waals surface area contributed by atoms with Crippen molar-refractivity contribution in [3.63, 3.8) is 0 Å². The molecule has 1 aromatic carbocycles. The van der Waals surface area contributed by atoms with E-state index in [0.29, 0.717) is 17.7 Å². The molecule has 2 amide bonds. The molecule has 5 nitrogen and oxygen atoms in total. The Morgan fingerprint density at radius 1 is 1.38 bits per heavy atom. The van der Waals surface area contributed by atoms with E-state index in [1.165, 1.54) is 0 Å². The molecule has 0 saturated heterocycles. The number of benzene rings is 1. The Morgan fingerprint density at radius 3 is 2.71 bits per heavy atom. The van der Waals surface area contributed by atoms with Crippen LogP contribution in [0.15, 0.2) is 18.2 Å². The molecule has 0 saturated carbocycles. The minimum absolute atomic E-state index is 0.224. The Morgan fingerprint density at radius 2 is 2.10 bits per heavy atom.